The number of benzene rings is 1. The van der Waals surface area contributed by atoms with Gasteiger partial charge in [-0.1, -0.05) is 23.2 Å². The molecular weight excluding hydrogens is 363 g/mol. The summed E-state index contributed by atoms with van der Waals surface area (Å²) in [7, 11) is -2.49. The normalized spacial score (nSPS) is 11.6. The molecule has 0 spiro atoms. The van der Waals surface area contributed by atoms with Crippen LogP contribution in [0.2, 0.25) is 10.0 Å². The van der Waals surface area contributed by atoms with Crippen LogP contribution in [-0.4, -0.2) is 30.4 Å². The Bertz CT molecular complexity index is 988. The number of anilines is 1. The largest absolute Gasteiger partial charge is 0.495 e. The summed E-state index contributed by atoms with van der Waals surface area (Å²) >= 11 is 12.0. The molecule has 120 valence electrons. The Morgan fingerprint density at radius 2 is 2.00 bits per heavy atom. The number of halogens is 2. The molecule has 3 aromatic rings. The zero-order valence-electron chi connectivity index (χ0n) is 11.7. The van der Waals surface area contributed by atoms with Gasteiger partial charge in [0.25, 0.3) is 10.0 Å². The first kappa shape index (κ1) is 15.9. The van der Waals surface area contributed by atoms with Crippen molar-refractivity contribution < 1.29 is 13.2 Å². The molecule has 0 aliphatic heterocycles. The van der Waals surface area contributed by atoms with Gasteiger partial charge in [-0.25, -0.2) is 8.42 Å². The van der Waals surface area contributed by atoms with E-state index in [2.05, 4.69) is 14.9 Å². The van der Waals surface area contributed by atoms with Crippen molar-refractivity contribution in [3.05, 3.63) is 46.7 Å². The quantitative estimate of drug-likeness (QED) is 0.760. The maximum Gasteiger partial charge on any atom is 0.265 e. The van der Waals surface area contributed by atoms with Gasteiger partial charge in [0.05, 0.1) is 29.0 Å². The maximum atomic E-state index is 12.6. The number of rotatable bonds is 4. The lowest BCUT2D eigenvalue weighted by Crippen LogP contribution is -2.13. The zero-order chi connectivity index (χ0) is 16.6. The van der Waals surface area contributed by atoms with Gasteiger partial charge in [-0.3, -0.25) is 4.72 Å². The Hall–Kier alpha value is -2.03. The lowest BCUT2D eigenvalue weighted by molar-refractivity contribution is 0.415. The molecule has 7 nitrogen and oxygen atoms in total. The van der Waals surface area contributed by atoms with Crippen molar-refractivity contribution >= 4 is 44.4 Å². The van der Waals surface area contributed by atoms with E-state index in [0.717, 1.165) is 0 Å². The minimum Gasteiger partial charge on any atom is -0.495 e. The predicted molar refractivity (Wildman–Crippen MR) is 86.8 cm³/mol. The number of hydrogen-bond donors (Lipinski definition) is 1. The molecule has 0 saturated carbocycles. The van der Waals surface area contributed by atoms with Crippen LogP contribution in [0.5, 0.6) is 5.75 Å². The fraction of sp³-hybridized carbons (Fsp3) is 0.0769. The Labute approximate surface area is 141 Å². The number of ether oxygens (including phenoxy) is 1. The van der Waals surface area contributed by atoms with Crippen molar-refractivity contribution in [2.75, 3.05) is 11.8 Å². The van der Waals surface area contributed by atoms with Gasteiger partial charge < -0.3 is 4.74 Å². The molecule has 2 heterocycles. The van der Waals surface area contributed by atoms with Crippen molar-refractivity contribution in [2.24, 2.45) is 0 Å². The van der Waals surface area contributed by atoms with E-state index in [0.29, 0.717) is 11.3 Å². The molecule has 3 rings (SSSR count). The van der Waals surface area contributed by atoms with Crippen molar-refractivity contribution in [3.63, 3.8) is 0 Å². The van der Waals surface area contributed by atoms with E-state index < -0.39 is 10.0 Å². The van der Waals surface area contributed by atoms with E-state index >= 15 is 0 Å². The van der Waals surface area contributed by atoms with E-state index in [-0.39, 0.29) is 20.6 Å². The van der Waals surface area contributed by atoms with Crippen molar-refractivity contribution in [1.29, 1.82) is 0 Å². The van der Waals surface area contributed by atoms with Gasteiger partial charge in [-0.15, -0.1) is 0 Å². The first-order valence-electron chi connectivity index (χ1n) is 6.27. The zero-order valence-corrected chi connectivity index (χ0v) is 14.0. The number of nitrogens with zero attached hydrogens (tertiary/aromatic N) is 3. The van der Waals surface area contributed by atoms with E-state index in [4.69, 9.17) is 27.9 Å². The van der Waals surface area contributed by atoms with Crippen LogP contribution < -0.4 is 9.46 Å². The van der Waals surface area contributed by atoms with E-state index in [9.17, 15) is 8.42 Å². The third-order valence-electron chi connectivity index (χ3n) is 3.04. The molecule has 0 atom stereocenters. The number of fused-ring (bicyclic) bond motifs is 1. The molecule has 2 aromatic heterocycles. The maximum absolute atomic E-state index is 12.6. The summed E-state index contributed by atoms with van der Waals surface area (Å²) in [6, 6.07) is 6.02. The minimum absolute atomic E-state index is 0.0180. The van der Waals surface area contributed by atoms with Crippen LogP contribution in [0.25, 0.3) is 5.52 Å². The summed E-state index contributed by atoms with van der Waals surface area (Å²) in [4.78, 5) is -0.0180. The highest BCUT2D eigenvalue weighted by Gasteiger charge is 2.22. The molecule has 0 aliphatic rings. The number of aromatic nitrogens is 3. The molecule has 1 aromatic carbocycles. The van der Waals surface area contributed by atoms with Crippen LogP contribution in [0.3, 0.4) is 0 Å². The second-order valence-electron chi connectivity index (χ2n) is 4.48. The van der Waals surface area contributed by atoms with Crippen LogP contribution in [0, 0.1) is 0 Å². The summed E-state index contributed by atoms with van der Waals surface area (Å²) in [6.45, 7) is 0. The molecular formula is C13H10Cl2N4O3S. The smallest absolute Gasteiger partial charge is 0.265 e. The van der Waals surface area contributed by atoms with Crippen LogP contribution in [0.4, 0.5) is 5.69 Å². The molecule has 0 radical (unpaired) electrons. The topological polar surface area (TPSA) is 85.6 Å². The fourth-order valence-electron chi connectivity index (χ4n) is 1.98. The second-order valence-corrected chi connectivity index (χ2v) is 6.94. The second kappa shape index (κ2) is 5.88. The SMILES string of the molecule is COc1cc(NS(=O)(=O)c2cnn3ncccc23)c(Cl)cc1Cl. The molecule has 0 aliphatic carbocycles. The first-order chi connectivity index (χ1) is 10.9. The molecule has 10 heteroatoms. The molecule has 23 heavy (non-hydrogen) atoms. The van der Waals surface area contributed by atoms with Crippen molar-refractivity contribution in [2.45, 2.75) is 4.90 Å². The average Bonchev–Trinajstić information content (AvgIpc) is 2.94. The van der Waals surface area contributed by atoms with Crippen LogP contribution in [-0.2, 0) is 10.0 Å². The van der Waals surface area contributed by atoms with E-state index in [1.807, 2.05) is 0 Å². The van der Waals surface area contributed by atoms with Gasteiger partial charge >= 0.3 is 0 Å². The standard InChI is InChI=1S/C13H10Cl2N4O3S/c1-22-12-6-10(8(14)5-9(12)15)18-23(20,21)13-7-17-19-11(13)3-2-4-16-19/h2-7,18H,1H3. The Balaban J connectivity index is 2.05. The van der Waals surface area contributed by atoms with Gasteiger partial charge in [-0.05, 0) is 18.2 Å². The van der Waals surface area contributed by atoms with Gasteiger partial charge in [0.2, 0.25) is 0 Å². The Morgan fingerprint density at radius 1 is 1.22 bits per heavy atom. The van der Waals surface area contributed by atoms with Gasteiger partial charge in [0, 0.05) is 12.3 Å². The van der Waals surface area contributed by atoms with Gasteiger partial charge in [0.1, 0.15) is 16.2 Å². The monoisotopic (exact) mass is 372 g/mol. The third-order valence-corrected chi connectivity index (χ3v) is 5.03. The molecule has 0 amide bonds. The molecule has 1 N–H and O–H groups in total. The number of nitrogens with one attached hydrogen (secondary N) is 1. The van der Waals surface area contributed by atoms with Crippen LogP contribution >= 0.6 is 23.2 Å². The summed E-state index contributed by atoms with van der Waals surface area (Å²) in [5.41, 5.74) is 0.494. The first-order valence-corrected chi connectivity index (χ1v) is 8.51. The highest BCUT2D eigenvalue weighted by molar-refractivity contribution is 7.93. The van der Waals surface area contributed by atoms with Crippen molar-refractivity contribution in [1.82, 2.24) is 14.8 Å². The summed E-state index contributed by atoms with van der Waals surface area (Å²) in [5, 5.41) is 8.26. The lowest BCUT2D eigenvalue weighted by atomic mass is 10.3. The highest BCUT2D eigenvalue weighted by Crippen LogP contribution is 2.35. The van der Waals surface area contributed by atoms with Gasteiger partial charge in [0.15, 0.2) is 0 Å². The fourth-order valence-corrected chi connectivity index (χ4v) is 3.72. The predicted octanol–water partition coefficient (Wildman–Crippen LogP) is 2.85. The number of sulfonamides is 1. The molecule has 0 fully saturated rings. The van der Waals surface area contributed by atoms with E-state index in [1.54, 1.807) is 12.1 Å². The average molecular weight is 373 g/mol. The van der Waals surface area contributed by atoms with Crippen LogP contribution in [0.15, 0.2) is 41.6 Å². The summed E-state index contributed by atoms with van der Waals surface area (Å²) in [6.07, 6.45) is 2.72. The summed E-state index contributed by atoms with van der Waals surface area (Å²) in [5.74, 6) is 0.301. The Kier molecular flexibility index (Phi) is 4.05. The molecule has 0 bridgehead atoms. The number of methoxy groups -OCH3 is 1. The van der Waals surface area contributed by atoms with Gasteiger partial charge in [-0.2, -0.15) is 14.8 Å². The van der Waals surface area contributed by atoms with Crippen LogP contribution in [0.1, 0.15) is 0 Å². The van der Waals surface area contributed by atoms with E-state index in [1.165, 1.54) is 36.3 Å². The molecule has 0 saturated heterocycles. The number of hydrogen-bond acceptors (Lipinski definition) is 5. The third kappa shape index (κ3) is 2.92. The Morgan fingerprint density at radius 3 is 2.74 bits per heavy atom. The summed E-state index contributed by atoms with van der Waals surface area (Å²) < 4.78 is 33.9. The lowest BCUT2D eigenvalue weighted by Gasteiger charge is -2.11. The minimum atomic E-state index is -3.91. The van der Waals surface area contributed by atoms with Crippen molar-refractivity contribution in [3.8, 4) is 5.75 Å². The molecule has 0 unspecified atom stereocenters. The highest BCUT2D eigenvalue weighted by atomic mass is 35.5.